The Labute approximate surface area is 141 Å². The van der Waals surface area contributed by atoms with E-state index in [1.807, 2.05) is 18.2 Å². The van der Waals surface area contributed by atoms with Crippen molar-refractivity contribution in [3.8, 4) is 0 Å². The van der Waals surface area contributed by atoms with Gasteiger partial charge in [-0.25, -0.2) is 0 Å². The van der Waals surface area contributed by atoms with Crippen molar-refractivity contribution in [3.05, 3.63) is 35.9 Å². The highest BCUT2D eigenvalue weighted by Gasteiger charge is 2.30. The Morgan fingerprint density at radius 1 is 1.09 bits per heavy atom. The van der Waals surface area contributed by atoms with Crippen LogP contribution in [0.15, 0.2) is 30.3 Å². The minimum atomic E-state index is 0.0707. The largest absolute Gasteiger partial charge is 0.394 e. The maximum absolute atomic E-state index is 9.73. The molecule has 0 bridgehead atoms. The summed E-state index contributed by atoms with van der Waals surface area (Å²) < 4.78 is 0. The first-order valence-electron chi connectivity index (χ1n) is 9.44. The quantitative estimate of drug-likeness (QED) is 0.874. The smallest absolute Gasteiger partial charge is 0.0626 e. The number of piperidine rings is 1. The first-order valence-corrected chi connectivity index (χ1v) is 9.44. The molecular weight excluding hydrogens is 284 g/mol. The van der Waals surface area contributed by atoms with Crippen LogP contribution in [-0.2, 0) is 0 Å². The molecule has 1 aliphatic carbocycles. The second-order valence-electron chi connectivity index (χ2n) is 7.45. The van der Waals surface area contributed by atoms with Crippen molar-refractivity contribution in [2.75, 3.05) is 19.7 Å². The number of rotatable bonds is 5. The van der Waals surface area contributed by atoms with Gasteiger partial charge in [-0.05, 0) is 50.3 Å². The number of benzene rings is 1. The summed E-state index contributed by atoms with van der Waals surface area (Å²) in [5.74, 6) is 0.864. The number of nitrogens with one attached hydrogen (secondary N) is 1. The highest BCUT2D eigenvalue weighted by atomic mass is 16.3. The number of aliphatic hydroxyl groups is 1. The van der Waals surface area contributed by atoms with Gasteiger partial charge in [-0.2, -0.15) is 0 Å². The maximum atomic E-state index is 9.73. The van der Waals surface area contributed by atoms with Crippen LogP contribution in [0.4, 0.5) is 0 Å². The van der Waals surface area contributed by atoms with Crippen molar-refractivity contribution in [2.45, 2.75) is 63.6 Å². The van der Waals surface area contributed by atoms with E-state index in [2.05, 4.69) is 29.3 Å². The van der Waals surface area contributed by atoms with Crippen molar-refractivity contribution in [1.29, 1.82) is 0 Å². The zero-order valence-corrected chi connectivity index (χ0v) is 14.5. The van der Waals surface area contributed by atoms with E-state index >= 15 is 0 Å². The Kier molecular flexibility index (Phi) is 6.09. The Bertz CT molecular complexity index is 456. The third kappa shape index (κ3) is 4.34. The standard InChI is InChI=1S/C20H32N2O/c1-16-7-5-6-10-20(16)22-13-11-18(12-14-22)21-19(15-23)17-8-3-2-4-9-17/h2-4,8-9,16,18-21,23H,5-7,10-15H2,1H3. The summed E-state index contributed by atoms with van der Waals surface area (Å²) in [6, 6.07) is 11.7. The highest BCUT2D eigenvalue weighted by molar-refractivity contribution is 5.19. The van der Waals surface area contributed by atoms with Gasteiger partial charge >= 0.3 is 0 Å². The topological polar surface area (TPSA) is 35.5 Å². The van der Waals surface area contributed by atoms with Gasteiger partial charge in [0.05, 0.1) is 12.6 Å². The van der Waals surface area contributed by atoms with E-state index in [1.54, 1.807) is 0 Å². The summed E-state index contributed by atoms with van der Waals surface area (Å²) in [5.41, 5.74) is 1.19. The van der Waals surface area contributed by atoms with Crippen molar-refractivity contribution >= 4 is 0 Å². The van der Waals surface area contributed by atoms with Gasteiger partial charge in [-0.3, -0.25) is 0 Å². The average molecular weight is 316 g/mol. The normalized spacial score (nSPS) is 28.6. The van der Waals surface area contributed by atoms with E-state index < -0.39 is 0 Å². The Morgan fingerprint density at radius 3 is 2.43 bits per heavy atom. The van der Waals surface area contributed by atoms with Crippen LogP contribution in [0.5, 0.6) is 0 Å². The van der Waals surface area contributed by atoms with Gasteiger partial charge in [0, 0.05) is 12.1 Å². The van der Waals surface area contributed by atoms with Crippen LogP contribution in [0.1, 0.15) is 57.1 Å². The summed E-state index contributed by atoms with van der Waals surface area (Å²) in [6.07, 6.45) is 8.03. The van der Waals surface area contributed by atoms with E-state index in [0.29, 0.717) is 6.04 Å². The molecule has 0 spiro atoms. The predicted octanol–water partition coefficient (Wildman–Crippen LogP) is 3.35. The molecule has 3 rings (SSSR count). The molecule has 1 saturated heterocycles. The summed E-state index contributed by atoms with van der Waals surface area (Å²) in [7, 11) is 0. The molecule has 1 aromatic rings. The fourth-order valence-corrected chi connectivity index (χ4v) is 4.46. The van der Waals surface area contributed by atoms with E-state index in [4.69, 9.17) is 0 Å². The molecule has 2 aliphatic rings. The lowest BCUT2D eigenvalue weighted by Gasteiger charge is -2.43. The van der Waals surface area contributed by atoms with Crippen molar-refractivity contribution in [3.63, 3.8) is 0 Å². The third-order valence-corrected chi connectivity index (χ3v) is 5.89. The molecular formula is C20H32N2O. The molecule has 23 heavy (non-hydrogen) atoms. The van der Waals surface area contributed by atoms with Gasteiger partial charge in [0.15, 0.2) is 0 Å². The van der Waals surface area contributed by atoms with Gasteiger partial charge in [0.1, 0.15) is 0 Å². The second kappa shape index (κ2) is 8.27. The SMILES string of the molecule is CC1CCCCC1N1CCC(NC(CO)c2ccccc2)CC1. The van der Waals surface area contributed by atoms with Gasteiger partial charge in [-0.1, -0.05) is 50.1 Å². The molecule has 2 N–H and O–H groups in total. The Balaban J connectivity index is 1.50. The third-order valence-electron chi connectivity index (χ3n) is 5.89. The molecule has 0 radical (unpaired) electrons. The lowest BCUT2D eigenvalue weighted by molar-refractivity contribution is 0.0774. The molecule has 3 nitrogen and oxygen atoms in total. The zero-order chi connectivity index (χ0) is 16.1. The van der Waals surface area contributed by atoms with Gasteiger partial charge in [0.2, 0.25) is 0 Å². The summed E-state index contributed by atoms with van der Waals surface area (Å²) >= 11 is 0. The van der Waals surface area contributed by atoms with E-state index in [1.165, 1.54) is 57.2 Å². The van der Waals surface area contributed by atoms with Gasteiger partial charge in [-0.15, -0.1) is 0 Å². The number of hydrogen-bond acceptors (Lipinski definition) is 3. The fraction of sp³-hybridized carbons (Fsp3) is 0.700. The molecule has 0 aromatic heterocycles. The monoisotopic (exact) mass is 316 g/mol. The minimum Gasteiger partial charge on any atom is -0.394 e. The summed E-state index contributed by atoms with van der Waals surface area (Å²) in [5, 5.41) is 13.4. The van der Waals surface area contributed by atoms with Crippen LogP contribution in [0.2, 0.25) is 0 Å². The van der Waals surface area contributed by atoms with Crippen LogP contribution >= 0.6 is 0 Å². The number of aliphatic hydroxyl groups excluding tert-OH is 1. The van der Waals surface area contributed by atoms with Gasteiger partial charge < -0.3 is 15.3 Å². The van der Waals surface area contributed by atoms with Crippen LogP contribution in [-0.4, -0.2) is 41.8 Å². The number of likely N-dealkylation sites (tertiary alicyclic amines) is 1. The second-order valence-corrected chi connectivity index (χ2v) is 7.45. The van der Waals surface area contributed by atoms with E-state index in [9.17, 15) is 5.11 Å². The average Bonchev–Trinajstić information content (AvgIpc) is 2.61. The molecule has 1 aliphatic heterocycles. The molecule has 3 heteroatoms. The van der Waals surface area contributed by atoms with Gasteiger partial charge in [0.25, 0.3) is 0 Å². The highest BCUT2D eigenvalue weighted by Crippen LogP contribution is 2.30. The lowest BCUT2D eigenvalue weighted by atomic mass is 9.84. The molecule has 1 heterocycles. The van der Waals surface area contributed by atoms with Crippen LogP contribution in [0.25, 0.3) is 0 Å². The van der Waals surface area contributed by atoms with Crippen molar-refractivity contribution in [2.24, 2.45) is 5.92 Å². The summed E-state index contributed by atoms with van der Waals surface area (Å²) in [4.78, 5) is 2.73. The molecule has 1 aromatic carbocycles. The van der Waals surface area contributed by atoms with E-state index in [0.717, 1.165) is 12.0 Å². The molecule has 0 amide bonds. The lowest BCUT2D eigenvalue weighted by Crippen LogP contribution is -2.50. The van der Waals surface area contributed by atoms with Crippen LogP contribution < -0.4 is 5.32 Å². The number of hydrogen-bond donors (Lipinski definition) is 2. The molecule has 3 unspecified atom stereocenters. The molecule has 2 fully saturated rings. The maximum Gasteiger partial charge on any atom is 0.0626 e. The van der Waals surface area contributed by atoms with E-state index in [-0.39, 0.29) is 12.6 Å². The predicted molar refractivity (Wildman–Crippen MR) is 95.4 cm³/mol. The van der Waals surface area contributed by atoms with Crippen molar-refractivity contribution in [1.82, 2.24) is 10.2 Å². The molecule has 1 saturated carbocycles. The molecule has 128 valence electrons. The Morgan fingerprint density at radius 2 is 1.78 bits per heavy atom. The Hall–Kier alpha value is -0.900. The molecule has 3 atom stereocenters. The minimum absolute atomic E-state index is 0.0707. The van der Waals surface area contributed by atoms with Crippen LogP contribution in [0, 0.1) is 5.92 Å². The van der Waals surface area contributed by atoms with Crippen molar-refractivity contribution < 1.29 is 5.11 Å². The summed E-state index contributed by atoms with van der Waals surface area (Å²) in [6.45, 7) is 5.02. The first kappa shape index (κ1) is 16.9. The zero-order valence-electron chi connectivity index (χ0n) is 14.5. The van der Waals surface area contributed by atoms with Crippen LogP contribution in [0.3, 0.4) is 0 Å². The fourth-order valence-electron chi connectivity index (χ4n) is 4.46. The number of nitrogens with zero attached hydrogens (tertiary/aromatic N) is 1. The first-order chi connectivity index (χ1) is 11.3.